The van der Waals surface area contributed by atoms with Crippen LogP contribution in [0.15, 0.2) is 36.4 Å². The molecule has 0 fully saturated rings. The maximum Gasteiger partial charge on any atom is 0.269 e. The second-order valence-corrected chi connectivity index (χ2v) is 5.53. The number of methoxy groups -OCH3 is 1. The normalized spacial score (nSPS) is 10.1. The van der Waals surface area contributed by atoms with Crippen LogP contribution in [0.4, 0.5) is 5.69 Å². The zero-order valence-electron chi connectivity index (χ0n) is 11.6. The van der Waals surface area contributed by atoms with Crippen molar-refractivity contribution < 1.29 is 19.2 Å². The quantitative estimate of drug-likeness (QED) is 0.313. The van der Waals surface area contributed by atoms with Crippen LogP contribution in [-0.4, -0.2) is 18.3 Å². The van der Waals surface area contributed by atoms with Gasteiger partial charge in [-0.1, -0.05) is 0 Å². The number of aldehydes is 1. The van der Waals surface area contributed by atoms with Gasteiger partial charge in [-0.2, -0.15) is 0 Å². The molecule has 114 valence electrons. The molecule has 7 heteroatoms. The Labute approximate surface area is 140 Å². The van der Waals surface area contributed by atoms with Gasteiger partial charge in [0.15, 0.2) is 11.5 Å². The van der Waals surface area contributed by atoms with Crippen molar-refractivity contribution in [2.24, 2.45) is 0 Å². The second-order valence-electron chi connectivity index (χ2n) is 4.36. The Bertz CT molecular complexity index is 700. The van der Waals surface area contributed by atoms with Gasteiger partial charge >= 0.3 is 0 Å². The fourth-order valence-electron chi connectivity index (χ4n) is 1.82. The van der Waals surface area contributed by atoms with E-state index in [1.54, 1.807) is 24.3 Å². The van der Waals surface area contributed by atoms with Gasteiger partial charge in [-0.25, -0.2) is 0 Å². The lowest BCUT2D eigenvalue weighted by molar-refractivity contribution is -0.384. The molecule has 0 N–H and O–H groups in total. The Morgan fingerprint density at radius 2 is 1.95 bits per heavy atom. The van der Waals surface area contributed by atoms with Crippen molar-refractivity contribution in [2.45, 2.75) is 6.61 Å². The maximum absolute atomic E-state index is 10.8. The Hall–Kier alpha value is -2.16. The number of carbonyl (C=O) groups is 1. The molecule has 0 atom stereocenters. The number of nitro groups is 1. The predicted molar refractivity (Wildman–Crippen MR) is 88.5 cm³/mol. The van der Waals surface area contributed by atoms with Crippen molar-refractivity contribution in [1.82, 2.24) is 0 Å². The van der Waals surface area contributed by atoms with Crippen LogP contribution in [-0.2, 0) is 6.61 Å². The third-order valence-electron chi connectivity index (χ3n) is 2.92. The van der Waals surface area contributed by atoms with Crippen molar-refractivity contribution in [3.8, 4) is 11.5 Å². The standard InChI is InChI=1S/C15H12INO5/c1-21-14-7-11(8-18)6-13(16)15(14)22-9-10-2-4-12(5-3-10)17(19)20/h2-8H,9H2,1H3. The van der Waals surface area contributed by atoms with Crippen LogP contribution in [0.1, 0.15) is 15.9 Å². The number of nitro benzene ring substituents is 1. The second kappa shape index (κ2) is 7.21. The molecular formula is C15H12INO5. The number of ether oxygens (including phenoxy) is 2. The van der Waals surface area contributed by atoms with Gasteiger partial charge in [0, 0.05) is 17.7 Å². The van der Waals surface area contributed by atoms with Crippen molar-refractivity contribution in [1.29, 1.82) is 0 Å². The minimum absolute atomic E-state index is 0.0336. The van der Waals surface area contributed by atoms with Crippen LogP contribution in [0.2, 0.25) is 0 Å². The summed E-state index contributed by atoms with van der Waals surface area (Å²) < 4.78 is 11.7. The van der Waals surface area contributed by atoms with Crippen LogP contribution in [0.5, 0.6) is 11.5 Å². The molecule has 0 aliphatic rings. The van der Waals surface area contributed by atoms with Gasteiger partial charge in [0.05, 0.1) is 15.6 Å². The van der Waals surface area contributed by atoms with E-state index < -0.39 is 4.92 Å². The average Bonchev–Trinajstić information content (AvgIpc) is 2.53. The molecule has 2 aromatic rings. The van der Waals surface area contributed by atoms with E-state index in [-0.39, 0.29) is 12.3 Å². The first-order valence-electron chi connectivity index (χ1n) is 6.24. The Kier molecular flexibility index (Phi) is 5.31. The summed E-state index contributed by atoms with van der Waals surface area (Å²) in [4.78, 5) is 21.0. The summed E-state index contributed by atoms with van der Waals surface area (Å²) in [7, 11) is 1.50. The first kappa shape index (κ1) is 16.2. The van der Waals surface area contributed by atoms with Gasteiger partial charge in [0.25, 0.3) is 5.69 Å². The van der Waals surface area contributed by atoms with Crippen molar-refractivity contribution >= 4 is 34.6 Å². The fraction of sp³-hybridized carbons (Fsp3) is 0.133. The van der Waals surface area contributed by atoms with E-state index >= 15 is 0 Å². The van der Waals surface area contributed by atoms with Crippen LogP contribution >= 0.6 is 22.6 Å². The minimum atomic E-state index is -0.450. The zero-order chi connectivity index (χ0) is 16.1. The largest absolute Gasteiger partial charge is 0.493 e. The summed E-state index contributed by atoms with van der Waals surface area (Å²) in [6.45, 7) is 0.241. The lowest BCUT2D eigenvalue weighted by Crippen LogP contribution is -2.01. The SMILES string of the molecule is COc1cc(C=O)cc(I)c1OCc1ccc([N+](=O)[O-])cc1. The summed E-state index contributed by atoms with van der Waals surface area (Å²) in [6, 6.07) is 9.42. The molecule has 0 unspecified atom stereocenters. The Morgan fingerprint density at radius 1 is 1.27 bits per heavy atom. The summed E-state index contributed by atoms with van der Waals surface area (Å²) in [6.07, 6.45) is 0.741. The van der Waals surface area contributed by atoms with Gasteiger partial charge in [-0.15, -0.1) is 0 Å². The molecule has 0 heterocycles. The zero-order valence-corrected chi connectivity index (χ0v) is 13.8. The number of rotatable bonds is 6. The number of non-ortho nitro benzene ring substituents is 1. The highest BCUT2D eigenvalue weighted by Gasteiger charge is 2.12. The molecule has 6 nitrogen and oxygen atoms in total. The summed E-state index contributed by atoms with van der Waals surface area (Å²) in [5, 5.41) is 10.6. The molecule has 2 aromatic carbocycles. The highest BCUT2D eigenvalue weighted by Crippen LogP contribution is 2.34. The summed E-state index contributed by atoms with van der Waals surface area (Å²) in [5.41, 5.74) is 1.33. The van der Waals surface area contributed by atoms with E-state index in [1.807, 2.05) is 0 Å². The molecule has 0 radical (unpaired) electrons. The van der Waals surface area contributed by atoms with Crippen LogP contribution < -0.4 is 9.47 Å². The molecule has 0 aliphatic heterocycles. The molecule has 0 aromatic heterocycles. The minimum Gasteiger partial charge on any atom is -0.493 e. The topological polar surface area (TPSA) is 78.7 Å². The predicted octanol–water partition coefficient (Wildman–Crippen LogP) is 3.60. The Morgan fingerprint density at radius 3 is 2.50 bits per heavy atom. The third-order valence-corrected chi connectivity index (χ3v) is 3.72. The number of benzene rings is 2. The van der Waals surface area contributed by atoms with Gasteiger partial charge in [-0.05, 0) is 52.4 Å². The maximum atomic E-state index is 10.8. The lowest BCUT2D eigenvalue weighted by atomic mass is 10.2. The van der Waals surface area contributed by atoms with Crippen molar-refractivity contribution in [2.75, 3.05) is 7.11 Å². The number of nitrogens with zero attached hydrogens (tertiary/aromatic N) is 1. The van der Waals surface area contributed by atoms with E-state index in [0.29, 0.717) is 17.1 Å². The number of halogens is 1. The molecule has 0 bridgehead atoms. The summed E-state index contributed by atoms with van der Waals surface area (Å²) >= 11 is 2.06. The number of hydrogen-bond donors (Lipinski definition) is 0. The summed E-state index contributed by atoms with van der Waals surface area (Å²) in [5.74, 6) is 1.00. The smallest absolute Gasteiger partial charge is 0.269 e. The van der Waals surface area contributed by atoms with Gasteiger partial charge < -0.3 is 9.47 Å². The molecule has 22 heavy (non-hydrogen) atoms. The molecule has 0 aliphatic carbocycles. The first-order valence-corrected chi connectivity index (χ1v) is 7.32. The highest BCUT2D eigenvalue weighted by atomic mass is 127. The van der Waals surface area contributed by atoms with Crippen molar-refractivity contribution in [3.05, 3.63) is 61.2 Å². The number of hydrogen-bond acceptors (Lipinski definition) is 5. The van der Waals surface area contributed by atoms with E-state index in [0.717, 1.165) is 15.4 Å². The molecule has 0 amide bonds. The fourth-order valence-corrected chi connectivity index (χ4v) is 2.60. The number of carbonyl (C=O) groups excluding carboxylic acids is 1. The highest BCUT2D eigenvalue weighted by molar-refractivity contribution is 14.1. The third kappa shape index (κ3) is 3.73. The molecular weight excluding hydrogens is 401 g/mol. The van der Waals surface area contributed by atoms with Gasteiger partial charge in [0.2, 0.25) is 0 Å². The van der Waals surface area contributed by atoms with E-state index in [1.165, 1.54) is 19.2 Å². The van der Waals surface area contributed by atoms with Crippen molar-refractivity contribution in [3.63, 3.8) is 0 Å². The molecule has 0 spiro atoms. The van der Waals surface area contributed by atoms with Crippen LogP contribution in [0.25, 0.3) is 0 Å². The Balaban J connectivity index is 2.17. The monoisotopic (exact) mass is 413 g/mol. The van der Waals surface area contributed by atoms with E-state index in [9.17, 15) is 14.9 Å². The van der Waals surface area contributed by atoms with E-state index in [4.69, 9.17) is 9.47 Å². The van der Waals surface area contributed by atoms with Crippen LogP contribution in [0.3, 0.4) is 0 Å². The average molecular weight is 413 g/mol. The van der Waals surface area contributed by atoms with Crippen LogP contribution in [0, 0.1) is 13.7 Å². The molecule has 0 saturated heterocycles. The molecule has 2 rings (SSSR count). The van der Waals surface area contributed by atoms with Gasteiger partial charge in [0.1, 0.15) is 12.9 Å². The molecule has 0 saturated carbocycles. The lowest BCUT2D eigenvalue weighted by Gasteiger charge is -2.13. The van der Waals surface area contributed by atoms with Gasteiger partial charge in [-0.3, -0.25) is 14.9 Å². The van der Waals surface area contributed by atoms with E-state index in [2.05, 4.69) is 22.6 Å². The first-order chi connectivity index (χ1) is 10.5.